The van der Waals surface area contributed by atoms with Crippen molar-refractivity contribution in [1.82, 2.24) is 0 Å². The van der Waals surface area contributed by atoms with E-state index in [0.29, 0.717) is 0 Å². The molecule has 0 spiro atoms. The van der Waals surface area contributed by atoms with Crippen LogP contribution in [0.25, 0.3) is 50.6 Å². The first kappa shape index (κ1) is 36.2. The Morgan fingerprint density at radius 1 is 0.508 bits per heavy atom. The predicted octanol–water partition coefficient (Wildman–Crippen LogP) is 15.9. The molecule has 0 aromatic heterocycles. The highest BCUT2D eigenvalue weighted by Crippen LogP contribution is 2.66. The topological polar surface area (TPSA) is 3.24 Å². The lowest BCUT2D eigenvalue weighted by Gasteiger charge is -2.63. The molecule has 290 valence electrons. The fourth-order valence-corrected chi connectivity index (χ4v) is 12.5. The summed E-state index contributed by atoms with van der Waals surface area (Å²) in [6, 6.07) is 62.7. The number of fused-ring (bicyclic) bond motifs is 8. The Kier molecular flexibility index (Phi) is 8.84. The van der Waals surface area contributed by atoms with Gasteiger partial charge in [-0.3, -0.25) is 0 Å². The maximum absolute atomic E-state index is 4.02. The first-order valence-corrected chi connectivity index (χ1v) is 22.2. The van der Waals surface area contributed by atoms with E-state index in [1.165, 1.54) is 124 Å². The zero-order valence-electron chi connectivity index (χ0n) is 34.3. The summed E-state index contributed by atoms with van der Waals surface area (Å²) >= 11 is 0. The summed E-state index contributed by atoms with van der Waals surface area (Å²) in [4.78, 5) is 2.50. The lowest BCUT2D eigenvalue weighted by molar-refractivity contribution is -0.0281. The quantitative estimate of drug-likeness (QED) is 0.142. The van der Waals surface area contributed by atoms with E-state index in [2.05, 4.69) is 182 Å². The number of hydrogen-bond donors (Lipinski definition) is 0. The van der Waals surface area contributed by atoms with Gasteiger partial charge in [-0.05, 0) is 177 Å². The van der Waals surface area contributed by atoms with Crippen molar-refractivity contribution < 1.29 is 0 Å². The van der Waals surface area contributed by atoms with Crippen LogP contribution in [0.5, 0.6) is 0 Å². The second-order valence-electron chi connectivity index (χ2n) is 18.4. The monoisotopic (exact) mass is 763 g/mol. The van der Waals surface area contributed by atoms with Crippen molar-refractivity contribution in [2.24, 2.45) is 11.8 Å². The number of nitrogens with zero attached hydrogens (tertiary/aromatic N) is 1. The number of unbranched alkanes of at least 4 members (excludes halogenated alkanes) is 1. The molecule has 4 fully saturated rings. The van der Waals surface area contributed by atoms with Crippen molar-refractivity contribution in [3.8, 4) is 44.5 Å². The van der Waals surface area contributed by atoms with Crippen LogP contribution in [-0.2, 0) is 17.3 Å². The molecule has 5 aliphatic carbocycles. The Morgan fingerprint density at radius 2 is 0.932 bits per heavy atom. The third kappa shape index (κ3) is 6.12. The molecule has 7 aromatic rings. The van der Waals surface area contributed by atoms with Crippen LogP contribution in [0.2, 0.25) is 0 Å². The maximum Gasteiger partial charge on any atom is 0.0468 e. The van der Waals surface area contributed by atoms with E-state index in [-0.39, 0.29) is 10.8 Å². The average Bonchev–Trinajstić information content (AvgIpc) is 3.28. The lowest BCUT2D eigenvalue weighted by atomic mass is 9.42. The summed E-state index contributed by atoms with van der Waals surface area (Å²) in [7, 11) is 0. The molecule has 0 heterocycles. The summed E-state index contributed by atoms with van der Waals surface area (Å²) in [6.07, 6.45) is 13.5. The van der Waals surface area contributed by atoms with Gasteiger partial charge in [-0.15, -0.1) is 0 Å². The SMILES string of the molecule is C=Cc1ccc(C23CC4CC(C2)CC(c2ccc(N(c5ccc(CCCC)cc5)c5ccc6c(c5)-c5ccccc5-c5ccccc5-c5ccccc5-6)cc2)(C4)C3)cc1. The summed E-state index contributed by atoms with van der Waals surface area (Å²) in [5, 5.41) is 0. The molecular weight excluding hydrogens is 711 g/mol. The van der Waals surface area contributed by atoms with Crippen LogP contribution in [0.1, 0.15) is 80.5 Å². The highest BCUT2D eigenvalue weighted by atomic mass is 15.1. The molecule has 0 saturated heterocycles. The zero-order chi connectivity index (χ0) is 39.6. The minimum atomic E-state index is 0.238. The van der Waals surface area contributed by atoms with E-state index in [1.807, 2.05) is 6.08 Å². The molecule has 7 aromatic carbocycles. The van der Waals surface area contributed by atoms with Crippen molar-refractivity contribution in [3.05, 3.63) is 193 Å². The van der Waals surface area contributed by atoms with Gasteiger partial charge in [-0.1, -0.05) is 153 Å². The molecule has 0 aliphatic heterocycles. The molecular formula is C58H53N. The number of anilines is 3. The largest absolute Gasteiger partial charge is 0.310 e. The van der Waals surface area contributed by atoms with Gasteiger partial charge in [-0.25, -0.2) is 0 Å². The van der Waals surface area contributed by atoms with Gasteiger partial charge in [0.15, 0.2) is 0 Å². The number of hydrogen-bond acceptors (Lipinski definition) is 1. The number of benzene rings is 7. The van der Waals surface area contributed by atoms with Gasteiger partial charge in [0.2, 0.25) is 0 Å². The molecule has 12 rings (SSSR count). The van der Waals surface area contributed by atoms with Gasteiger partial charge in [-0.2, -0.15) is 0 Å². The Hall–Kier alpha value is -5.92. The van der Waals surface area contributed by atoms with Crippen LogP contribution >= 0.6 is 0 Å². The molecule has 4 bridgehead atoms. The average molecular weight is 764 g/mol. The van der Waals surface area contributed by atoms with E-state index >= 15 is 0 Å². The van der Waals surface area contributed by atoms with Gasteiger partial charge >= 0.3 is 0 Å². The predicted molar refractivity (Wildman–Crippen MR) is 250 cm³/mol. The second kappa shape index (κ2) is 14.4. The maximum atomic E-state index is 4.02. The van der Waals surface area contributed by atoms with Crippen molar-refractivity contribution in [2.45, 2.75) is 75.5 Å². The molecule has 1 nitrogen and oxygen atoms in total. The molecule has 2 atom stereocenters. The summed E-state index contributed by atoms with van der Waals surface area (Å²) in [5.41, 5.74) is 20.0. The molecule has 0 amide bonds. The minimum absolute atomic E-state index is 0.238. The molecule has 59 heavy (non-hydrogen) atoms. The highest BCUT2D eigenvalue weighted by molar-refractivity contribution is 6.04. The Bertz CT molecular complexity index is 2660. The van der Waals surface area contributed by atoms with Gasteiger partial charge < -0.3 is 4.90 Å². The molecule has 5 aliphatic rings. The third-order valence-corrected chi connectivity index (χ3v) is 14.8. The van der Waals surface area contributed by atoms with Crippen LogP contribution in [-0.4, -0.2) is 0 Å². The van der Waals surface area contributed by atoms with Crippen molar-refractivity contribution in [1.29, 1.82) is 0 Å². The van der Waals surface area contributed by atoms with Gasteiger partial charge in [0, 0.05) is 17.1 Å². The second-order valence-corrected chi connectivity index (χ2v) is 18.4. The summed E-state index contributed by atoms with van der Waals surface area (Å²) < 4.78 is 0. The van der Waals surface area contributed by atoms with E-state index in [0.717, 1.165) is 18.3 Å². The summed E-state index contributed by atoms with van der Waals surface area (Å²) in [6.45, 7) is 6.30. The zero-order valence-corrected chi connectivity index (χ0v) is 34.3. The van der Waals surface area contributed by atoms with Gasteiger partial charge in [0.1, 0.15) is 0 Å². The van der Waals surface area contributed by atoms with Crippen molar-refractivity contribution in [2.75, 3.05) is 4.90 Å². The highest BCUT2D eigenvalue weighted by Gasteiger charge is 2.58. The van der Waals surface area contributed by atoms with Gasteiger partial charge in [0.05, 0.1) is 0 Å². The van der Waals surface area contributed by atoms with Crippen molar-refractivity contribution >= 4 is 23.1 Å². The smallest absolute Gasteiger partial charge is 0.0468 e. The lowest BCUT2D eigenvalue weighted by Crippen LogP contribution is -2.55. The molecule has 0 N–H and O–H groups in total. The van der Waals surface area contributed by atoms with E-state index < -0.39 is 0 Å². The molecule has 0 radical (unpaired) electrons. The van der Waals surface area contributed by atoms with E-state index in [1.54, 1.807) is 11.1 Å². The van der Waals surface area contributed by atoms with Crippen LogP contribution < -0.4 is 4.90 Å². The standard InChI is InChI=1S/C58H53N/c1-3-5-12-41-21-27-46(28-22-41)59(47-29-25-45(26-30-47)58-37-42-33-43(38-58)36-57(35-42,39-58)44-23-19-40(4-2)20-24-44)48-31-32-55-53-17-9-8-15-51(53)49-13-6-7-14-50(49)52-16-10-11-18-54(52)56(55)34-48/h4,6-11,13-32,34,42-43H,2-3,5,12,33,35-39H2,1H3. The number of rotatable bonds is 9. The van der Waals surface area contributed by atoms with Crippen molar-refractivity contribution in [3.63, 3.8) is 0 Å². The first-order chi connectivity index (χ1) is 29.0. The fourth-order valence-electron chi connectivity index (χ4n) is 12.5. The first-order valence-electron chi connectivity index (χ1n) is 22.2. The Labute approximate surface area is 351 Å². The van der Waals surface area contributed by atoms with Crippen LogP contribution in [0.4, 0.5) is 17.1 Å². The normalized spacial score (nSPS) is 22.0. The minimum Gasteiger partial charge on any atom is -0.310 e. The summed E-state index contributed by atoms with van der Waals surface area (Å²) in [5.74, 6) is 1.61. The molecule has 2 unspecified atom stereocenters. The third-order valence-electron chi connectivity index (χ3n) is 14.8. The van der Waals surface area contributed by atoms with Crippen LogP contribution in [0.15, 0.2) is 170 Å². The molecule has 1 heteroatoms. The van der Waals surface area contributed by atoms with E-state index in [9.17, 15) is 0 Å². The van der Waals surface area contributed by atoms with Crippen LogP contribution in [0, 0.1) is 11.8 Å². The Balaban J connectivity index is 1.02. The molecule has 4 saturated carbocycles. The van der Waals surface area contributed by atoms with Gasteiger partial charge in [0.25, 0.3) is 0 Å². The van der Waals surface area contributed by atoms with Crippen LogP contribution in [0.3, 0.4) is 0 Å². The van der Waals surface area contributed by atoms with E-state index in [4.69, 9.17) is 0 Å². The fraction of sp³-hybridized carbons (Fsp3) is 0.241. The Morgan fingerprint density at radius 3 is 1.41 bits per heavy atom. The number of aryl methyl sites for hydroxylation is 1.